The summed E-state index contributed by atoms with van der Waals surface area (Å²) in [4.78, 5) is 37.4. The lowest BCUT2D eigenvalue weighted by Crippen LogP contribution is -2.43. The number of carboxylic acid groups (broad SMARTS) is 1. The highest BCUT2D eigenvalue weighted by atomic mass is 16.5. The maximum Gasteiger partial charge on any atom is 0.325 e. The van der Waals surface area contributed by atoms with Crippen molar-refractivity contribution in [2.45, 2.75) is 26.3 Å². The molecule has 6 heteroatoms. The average Bonchev–Trinajstić information content (AvgIpc) is 2.87. The van der Waals surface area contributed by atoms with E-state index in [2.05, 4.69) is 0 Å². The highest BCUT2D eigenvalue weighted by molar-refractivity contribution is 6.05. The smallest absolute Gasteiger partial charge is 0.325 e. The van der Waals surface area contributed by atoms with E-state index in [1.807, 2.05) is 37.3 Å². The highest BCUT2D eigenvalue weighted by Gasteiger charge is 2.57. The molecule has 0 spiro atoms. The van der Waals surface area contributed by atoms with Gasteiger partial charge in [0.25, 0.3) is 0 Å². The maximum atomic E-state index is 12.3. The van der Waals surface area contributed by atoms with Gasteiger partial charge in [-0.2, -0.15) is 0 Å². The van der Waals surface area contributed by atoms with Gasteiger partial charge in [0.2, 0.25) is 5.91 Å². The number of hydrogen-bond acceptors (Lipinski definition) is 4. The van der Waals surface area contributed by atoms with Crippen LogP contribution < -0.4 is 0 Å². The van der Waals surface area contributed by atoms with Gasteiger partial charge in [-0.1, -0.05) is 30.3 Å². The second-order valence-corrected chi connectivity index (χ2v) is 5.39. The SMILES string of the molecule is CCOC(=O)C1(C(=O)O)CC(=O)N([C@H](C)c2ccccc2)C1. The molecule has 118 valence electrons. The summed E-state index contributed by atoms with van der Waals surface area (Å²) in [5, 5.41) is 9.47. The van der Waals surface area contributed by atoms with Crippen LogP contribution in [0.3, 0.4) is 0 Å². The van der Waals surface area contributed by atoms with Crippen molar-refractivity contribution in [3.63, 3.8) is 0 Å². The third kappa shape index (κ3) is 2.68. The summed E-state index contributed by atoms with van der Waals surface area (Å²) in [6.07, 6.45) is -0.363. The fraction of sp³-hybridized carbons (Fsp3) is 0.438. The molecule has 22 heavy (non-hydrogen) atoms. The number of carbonyl (C=O) groups excluding carboxylic acids is 2. The van der Waals surface area contributed by atoms with Gasteiger partial charge in [0.1, 0.15) is 0 Å². The lowest BCUT2D eigenvalue weighted by atomic mass is 9.87. The van der Waals surface area contributed by atoms with E-state index in [-0.39, 0.29) is 31.5 Å². The first-order valence-corrected chi connectivity index (χ1v) is 7.17. The number of ether oxygens (including phenoxy) is 1. The van der Waals surface area contributed by atoms with Crippen molar-refractivity contribution in [3.8, 4) is 0 Å². The van der Waals surface area contributed by atoms with E-state index in [0.717, 1.165) is 5.56 Å². The highest BCUT2D eigenvalue weighted by Crippen LogP contribution is 2.37. The number of aliphatic carboxylic acids is 1. The van der Waals surface area contributed by atoms with Crippen LogP contribution in [0.15, 0.2) is 30.3 Å². The van der Waals surface area contributed by atoms with E-state index in [0.29, 0.717) is 0 Å². The summed E-state index contributed by atoms with van der Waals surface area (Å²) in [7, 11) is 0. The molecule has 1 N–H and O–H groups in total. The van der Waals surface area contributed by atoms with Crippen molar-refractivity contribution in [3.05, 3.63) is 35.9 Å². The lowest BCUT2D eigenvalue weighted by molar-refractivity contribution is -0.167. The molecule has 1 heterocycles. The third-order valence-corrected chi connectivity index (χ3v) is 4.04. The summed E-state index contributed by atoms with van der Waals surface area (Å²) < 4.78 is 4.87. The zero-order valence-corrected chi connectivity index (χ0v) is 12.6. The van der Waals surface area contributed by atoms with E-state index < -0.39 is 17.4 Å². The van der Waals surface area contributed by atoms with E-state index in [4.69, 9.17) is 4.74 Å². The van der Waals surface area contributed by atoms with Crippen LogP contribution in [0.5, 0.6) is 0 Å². The first-order chi connectivity index (χ1) is 10.4. The fourth-order valence-electron chi connectivity index (χ4n) is 2.70. The minimum absolute atomic E-state index is 0.0797. The van der Waals surface area contributed by atoms with Gasteiger partial charge in [-0.15, -0.1) is 0 Å². The van der Waals surface area contributed by atoms with Gasteiger partial charge >= 0.3 is 11.9 Å². The molecule has 1 unspecified atom stereocenters. The van der Waals surface area contributed by atoms with Crippen molar-refractivity contribution in [1.29, 1.82) is 0 Å². The molecule has 6 nitrogen and oxygen atoms in total. The van der Waals surface area contributed by atoms with Gasteiger partial charge < -0.3 is 14.7 Å². The summed E-state index contributed by atoms with van der Waals surface area (Å²) in [5.41, 5.74) is -0.920. The largest absolute Gasteiger partial charge is 0.480 e. The molecule has 0 aliphatic carbocycles. The summed E-state index contributed by atoms with van der Waals surface area (Å²) in [6, 6.07) is 8.99. The Kier molecular flexibility index (Phi) is 4.49. The molecule has 1 aromatic rings. The molecule has 0 radical (unpaired) electrons. The molecule has 1 fully saturated rings. The van der Waals surface area contributed by atoms with E-state index >= 15 is 0 Å². The van der Waals surface area contributed by atoms with Gasteiger partial charge in [0.15, 0.2) is 5.41 Å². The number of rotatable bonds is 5. The van der Waals surface area contributed by atoms with Crippen molar-refractivity contribution < 1.29 is 24.2 Å². The first-order valence-electron chi connectivity index (χ1n) is 7.17. The van der Waals surface area contributed by atoms with Crippen LogP contribution >= 0.6 is 0 Å². The number of hydrogen-bond donors (Lipinski definition) is 1. The second kappa shape index (κ2) is 6.17. The van der Waals surface area contributed by atoms with Crippen LogP contribution in [-0.2, 0) is 19.1 Å². The van der Waals surface area contributed by atoms with Crippen LogP contribution in [0.25, 0.3) is 0 Å². The molecule has 2 rings (SSSR count). The molecule has 0 saturated carbocycles. The molecule has 0 aromatic heterocycles. The number of benzene rings is 1. The Balaban J connectivity index is 2.28. The number of carboxylic acids is 1. The van der Waals surface area contributed by atoms with Crippen LogP contribution in [0.1, 0.15) is 31.9 Å². The van der Waals surface area contributed by atoms with Crippen molar-refractivity contribution in [2.24, 2.45) is 5.41 Å². The third-order valence-electron chi connectivity index (χ3n) is 4.04. The number of likely N-dealkylation sites (tertiary alicyclic amines) is 1. The average molecular weight is 305 g/mol. The van der Waals surface area contributed by atoms with E-state index in [1.165, 1.54) is 4.90 Å². The molecule has 2 atom stereocenters. The first kappa shape index (κ1) is 16.0. The summed E-state index contributed by atoms with van der Waals surface area (Å²) in [5.74, 6) is -2.52. The molecule has 1 aromatic carbocycles. The Labute approximate surface area is 128 Å². The standard InChI is InChI=1S/C16H19NO5/c1-3-22-15(21)16(14(19)20)9-13(18)17(10-16)11(2)12-7-5-4-6-8-12/h4-8,11H,3,9-10H2,1-2H3,(H,19,20)/t11-,16?/m1/s1. The van der Waals surface area contributed by atoms with Gasteiger partial charge in [-0.05, 0) is 19.4 Å². The van der Waals surface area contributed by atoms with E-state index in [1.54, 1.807) is 6.92 Å². The topological polar surface area (TPSA) is 83.9 Å². The monoisotopic (exact) mass is 305 g/mol. The fourth-order valence-corrected chi connectivity index (χ4v) is 2.70. The Morgan fingerprint density at radius 3 is 2.55 bits per heavy atom. The minimum Gasteiger partial charge on any atom is -0.480 e. The zero-order chi connectivity index (χ0) is 16.3. The maximum absolute atomic E-state index is 12.3. The van der Waals surface area contributed by atoms with Crippen LogP contribution in [0, 0.1) is 5.41 Å². The van der Waals surface area contributed by atoms with Crippen molar-refractivity contribution in [1.82, 2.24) is 4.90 Å². The van der Waals surface area contributed by atoms with Crippen LogP contribution in [0.4, 0.5) is 0 Å². The number of amides is 1. The Morgan fingerprint density at radius 1 is 1.36 bits per heavy atom. The molecular formula is C16H19NO5. The Hall–Kier alpha value is -2.37. The molecule has 1 aliphatic heterocycles. The molecule has 0 bridgehead atoms. The van der Waals surface area contributed by atoms with Gasteiger partial charge in [0.05, 0.1) is 19.1 Å². The minimum atomic E-state index is -1.81. The van der Waals surface area contributed by atoms with Crippen LogP contribution in [0.2, 0.25) is 0 Å². The number of nitrogens with zero attached hydrogens (tertiary/aromatic N) is 1. The van der Waals surface area contributed by atoms with Crippen molar-refractivity contribution in [2.75, 3.05) is 13.2 Å². The van der Waals surface area contributed by atoms with Crippen molar-refractivity contribution >= 4 is 17.8 Å². The number of esters is 1. The molecule has 1 saturated heterocycles. The van der Waals surface area contributed by atoms with Gasteiger partial charge in [-0.25, -0.2) is 0 Å². The number of carbonyl (C=O) groups is 3. The quantitative estimate of drug-likeness (QED) is 0.660. The predicted octanol–water partition coefficient (Wildman–Crippen LogP) is 1.61. The molecule has 1 aliphatic rings. The predicted molar refractivity (Wildman–Crippen MR) is 77.9 cm³/mol. The molecular weight excluding hydrogens is 286 g/mol. The second-order valence-electron chi connectivity index (χ2n) is 5.39. The summed E-state index contributed by atoms with van der Waals surface area (Å²) >= 11 is 0. The Bertz CT molecular complexity index is 585. The Morgan fingerprint density at radius 2 is 2.00 bits per heavy atom. The van der Waals surface area contributed by atoms with Gasteiger partial charge in [-0.3, -0.25) is 14.4 Å². The summed E-state index contributed by atoms with van der Waals surface area (Å²) in [6.45, 7) is 3.33. The normalized spacial score (nSPS) is 22.5. The molecule has 1 amide bonds. The van der Waals surface area contributed by atoms with Crippen LogP contribution in [-0.4, -0.2) is 41.0 Å². The van der Waals surface area contributed by atoms with Gasteiger partial charge in [0, 0.05) is 6.54 Å². The van der Waals surface area contributed by atoms with E-state index in [9.17, 15) is 19.5 Å². The lowest BCUT2D eigenvalue weighted by Gasteiger charge is -2.27. The zero-order valence-electron chi connectivity index (χ0n) is 12.6.